The fraction of sp³-hybridized carbons (Fsp3) is 0.136. The monoisotopic (exact) mass is 365 g/mol. The van der Waals surface area contributed by atoms with Gasteiger partial charge in [-0.25, -0.2) is 4.39 Å². The molecule has 1 N–H and O–H groups in total. The minimum atomic E-state index is -0.281. The van der Waals surface area contributed by atoms with Gasteiger partial charge < -0.3 is 5.32 Å². The SMILES string of the molecule is CC(NC(=O)c1ccc(CSc2ccccc2)cc1)c1ccc(F)cc1. The van der Waals surface area contributed by atoms with Gasteiger partial charge in [-0.3, -0.25) is 4.79 Å². The van der Waals surface area contributed by atoms with Crippen molar-refractivity contribution in [3.8, 4) is 0 Å². The first-order valence-corrected chi connectivity index (χ1v) is 9.43. The van der Waals surface area contributed by atoms with Gasteiger partial charge in [0.1, 0.15) is 5.82 Å². The van der Waals surface area contributed by atoms with Crippen LogP contribution in [0, 0.1) is 5.82 Å². The number of nitrogens with one attached hydrogen (secondary N) is 1. The summed E-state index contributed by atoms with van der Waals surface area (Å²) in [4.78, 5) is 13.6. The van der Waals surface area contributed by atoms with E-state index in [0.717, 1.165) is 11.3 Å². The van der Waals surface area contributed by atoms with Crippen LogP contribution in [0.3, 0.4) is 0 Å². The molecule has 0 aliphatic rings. The molecule has 0 aliphatic heterocycles. The van der Waals surface area contributed by atoms with E-state index < -0.39 is 0 Å². The van der Waals surface area contributed by atoms with Gasteiger partial charge in [0.2, 0.25) is 0 Å². The Morgan fingerprint density at radius 2 is 1.62 bits per heavy atom. The molecule has 2 nitrogen and oxygen atoms in total. The Labute approximate surface area is 157 Å². The average molecular weight is 365 g/mol. The molecular weight excluding hydrogens is 345 g/mol. The van der Waals surface area contributed by atoms with Crippen molar-refractivity contribution in [2.24, 2.45) is 0 Å². The summed E-state index contributed by atoms with van der Waals surface area (Å²) in [6, 6.07) is 23.9. The molecule has 0 saturated heterocycles. The van der Waals surface area contributed by atoms with Crippen LogP contribution in [0.4, 0.5) is 4.39 Å². The highest BCUT2D eigenvalue weighted by Gasteiger charge is 2.11. The molecule has 1 amide bonds. The fourth-order valence-corrected chi connectivity index (χ4v) is 3.43. The van der Waals surface area contributed by atoms with Gasteiger partial charge in [0.15, 0.2) is 0 Å². The molecule has 0 spiro atoms. The molecule has 1 unspecified atom stereocenters. The zero-order chi connectivity index (χ0) is 18.4. The highest BCUT2D eigenvalue weighted by atomic mass is 32.2. The molecule has 0 radical (unpaired) electrons. The van der Waals surface area contributed by atoms with Crippen molar-refractivity contribution in [1.29, 1.82) is 0 Å². The van der Waals surface area contributed by atoms with Crippen LogP contribution in [0.25, 0.3) is 0 Å². The number of hydrogen-bond acceptors (Lipinski definition) is 2. The minimum absolute atomic E-state index is 0.135. The van der Waals surface area contributed by atoms with E-state index >= 15 is 0 Å². The third kappa shape index (κ3) is 4.96. The molecule has 0 heterocycles. The third-order valence-corrected chi connectivity index (χ3v) is 5.17. The van der Waals surface area contributed by atoms with E-state index in [4.69, 9.17) is 0 Å². The van der Waals surface area contributed by atoms with Crippen LogP contribution >= 0.6 is 11.8 Å². The smallest absolute Gasteiger partial charge is 0.251 e. The zero-order valence-electron chi connectivity index (χ0n) is 14.5. The predicted octanol–water partition coefficient (Wildman–Crippen LogP) is 5.61. The summed E-state index contributed by atoms with van der Waals surface area (Å²) in [6.45, 7) is 1.88. The van der Waals surface area contributed by atoms with Gasteiger partial charge in [-0.1, -0.05) is 42.5 Å². The molecule has 0 aromatic heterocycles. The van der Waals surface area contributed by atoms with Crippen molar-refractivity contribution in [2.45, 2.75) is 23.6 Å². The van der Waals surface area contributed by atoms with Gasteiger partial charge in [-0.15, -0.1) is 11.8 Å². The van der Waals surface area contributed by atoms with E-state index in [1.807, 2.05) is 49.4 Å². The normalized spacial score (nSPS) is 11.8. The van der Waals surface area contributed by atoms with Crippen LogP contribution in [-0.2, 0) is 5.75 Å². The largest absolute Gasteiger partial charge is 0.346 e. The number of halogens is 1. The molecule has 0 fully saturated rings. The Hall–Kier alpha value is -2.59. The molecule has 3 aromatic rings. The van der Waals surface area contributed by atoms with E-state index in [1.165, 1.54) is 22.6 Å². The summed E-state index contributed by atoms with van der Waals surface area (Å²) in [5.74, 6) is 0.443. The number of carbonyl (C=O) groups excluding carboxylic acids is 1. The van der Waals surface area contributed by atoms with Crippen LogP contribution in [0.2, 0.25) is 0 Å². The van der Waals surface area contributed by atoms with Crippen LogP contribution < -0.4 is 5.32 Å². The second kappa shape index (κ2) is 8.68. The lowest BCUT2D eigenvalue weighted by molar-refractivity contribution is 0.0940. The average Bonchev–Trinajstić information content (AvgIpc) is 2.68. The molecule has 132 valence electrons. The van der Waals surface area contributed by atoms with Crippen LogP contribution in [0.5, 0.6) is 0 Å². The molecule has 3 aromatic carbocycles. The molecular formula is C22H20FNOS. The van der Waals surface area contributed by atoms with Crippen LogP contribution in [0.1, 0.15) is 34.5 Å². The Balaban J connectivity index is 1.57. The number of benzene rings is 3. The quantitative estimate of drug-likeness (QED) is 0.575. The zero-order valence-corrected chi connectivity index (χ0v) is 15.3. The van der Waals surface area contributed by atoms with Gasteiger partial charge in [0, 0.05) is 16.2 Å². The molecule has 3 rings (SSSR count). The highest BCUT2D eigenvalue weighted by molar-refractivity contribution is 7.98. The van der Waals surface area contributed by atoms with Gasteiger partial charge in [0.25, 0.3) is 5.91 Å². The number of hydrogen-bond donors (Lipinski definition) is 1. The van der Waals surface area contributed by atoms with Crippen molar-refractivity contribution >= 4 is 17.7 Å². The van der Waals surface area contributed by atoms with Crippen molar-refractivity contribution < 1.29 is 9.18 Å². The maximum atomic E-state index is 13.0. The number of amides is 1. The lowest BCUT2D eigenvalue weighted by Gasteiger charge is -2.14. The van der Waals surface area contributed by atoms with Crippen molar-refractivity contribution in [3.63, 3.8) is 0 Å². The minimum Gasteiger partial charge on any atom is -0.346 e. The van der Waals surface area contributed by atoms with Gasteiger partial charge in [0.05, 0.1) is 6.04 Å². The van der Waals surface area contributed by atoms with Crippen LogP contribution in [0.15, 0.2) is 83.8 Å². The van der Waals surface area contributed by atoms with Crippen molar-refractivity contribution in [2.75, 3.05) is 0 Å². The summed E-state index contributed by atoms with van der Waals surface area (Å²) in [7, 11) is 0. The summed E-state index contributed by atoms with van der Waals surface area (Å²) < 4.78 is 13.0. The first kappa shape index (κ1) is 18.2. The molecule has 4 heteroatoms. The lowest BCUT2D eigenvalue weighted by Crippen LogP contribution is -2.26. The van der Waals surface area contributed by atoms with E-state index in [1.54, 1.807) is 23.9 Å². The first-order valence-electron chi connectivity index (χ1n) is 8.45. The second-order valence-corrected chi connectivity index (χ2v) is 7.09. The number of thioether (sulfide) groups is 1. The van der Waals surface area contributed by atoms with E-state index in [2.05, 4.69) is 17.4 Å². The van der Waals surface area contributed by atoms with Gasteiger partial charge in [-0.2, -0.15) is 0 Å². The first-order chi connectivity index (χ1) is 12.6. The summed E-state index contributed by atoms with van der Waals surface area (Å²) >= 11 is 1.77. The Morgan fingerprint density at radius 3 is 2.27 bits per heavy atom. The maximum Gasteiger partial charge on any atom is 0.251 e. The van der Waals surface area contributed by atoms with Crippen molar-refractivity contribution in [3.05, 3.63) is 101 Å². The van der Waals surface area contributed by atoms with E-state index in [-0.39, 0.29) is 17.8 Å². The molecule has 0 aliphatic carbocycles. The standard InChI is InChI=1S/C22H20FNOS/c1-16(18-11-13-20(23)14-12-18)24-22(25)19-9-7-17(8-10-19)15-26-21-5-3-2-4-6-21/h2-14,16H,15H2,1H3,(H,24,25). The summed E-state index contributed by atoms with van der Waals surface area (Å²) in [5.41, 5.74) is 2.66. The Morgan fingerprint density at radius 1 is 0.962 bits per heavy atom. The van der Waals surface area contributed by atoms with E-state index in [0.29, 0.717) is 5.56 Å². The second-order valence-electron chi connectivity index (χ2n) is 6.05. The van der Waals surface area contributed by atoms with E-state index in [9.17, 15) is 9.18 Å². The number of carbonyl (C=O) groups is 1. The highest BCUT2D eigenvalue weighted by Crippen LogP contribution is 2.22. The Kier molecular flexibility index (Phi) is 6.08. The molecule has 26 heavy (non-hydrogen) atoms. The van der Waals surface area contributed by atoms with Gasteiger partial charge >= 0.3 is 0 Å². The Bertz CT molecular complexity index is 848. The van der Waals surface area contributed by atoms with Gasteiger partial charge in [-0.05, 0) is 54.4 Å². The third-order valence-electron chi connectivity index (χ3n) is 4.08. The summed E-state index contributed by atoms with van der Waals surface area (Å²) in [5, 5.41) is 2.94. The molecule has 0 saturated carbocycles. The topological polar surface area (TPSA) is 29.1 Å². The number of rotatable bonds is 6. The molecule has 1 atom stereocenters. The summed E-state index contributed by atoms with van der Waals surface area (Å²) in [6.07, 6.45) is 0. The van der Waals surface area contributed by atoms with Crippen LogP contribution in [-0.4, -0.2) is 5.91 Å². The predicted molar refractivity (Wildman–Crippen MR) is 105 cm³/mol. The fourth-order valence-electron chi connectivity index (χ4n) is 2.55. The lowest BCUT2D eigenvalue weighted by atomic mass is 10.1. The maximum absolute atomic E-state index is 13.0. The van der Waals surface area contributed by atoms with Crippen molar-refractivity contribution in [1.82, 2.24) is 5.32 Å². The molecule has 0 bridgehead atoms.